The third-order valence-electron chi connectivity index (χ3n) is 4.80. The van der Waals surface area contributed by atoms with Crippen LogP contribution in [0.15, 0.2) is 42.5 Å². The highest BCUT2D eigenvalue weighted by atomic mass is 16.5. The minimum atomic E-state index is -0.157. The predicted octanol–water partition coefficient (Wildman–Crippen LogP) is 2.62. The minimum absolute atomic E-state index is 0.0574. The normalized spacial score (nSPS) is 15.0. The van der Waals surface area contributed by atoms with E-state index >= 15 is 0 Å². The summed E-state index contributed by atoms with van der Waals surface area (Å²) in [5.74, 6) is 0.307. The van der Waals surface area contributed by atoms with Crippen LogP contribution in [0.2, 0.25) is 0 Å². The topological polar surface area (TPSA) is 76.8 Å². The highest BCUT2D eigenvalue weighted by molar-refractivity contribution is 5.97. The van der Waals surface area contributed by atoms with Gasteiger partial charge in [0, 0.05) is 38.8 Å². The maximum Gasteiger partial charge on any atom is 0.257 e. The number of rotatable bonds is 4. The number of hydrogen-bond donors (Lipinski definition) is 1. The Kier molecular flexibility index (Phi) is 5.94. The number of methoxy groups -OCH3 is 1. The molecule has 0 aromatic heterocycles. The molecule has 2 aromatic rings. The summed E-state index contributed by atoms with van der Waals surface area (Å²) in [6.45, 7) is 3.73. The van der Waals surface area contributed by atoms with Crippen LogP contribution in [0.5, 0.6) is 11.5 Å². The van der Waals surface area contributed by atoms with Crippen LogP contribution in [0.3, 0.4) is 0 Å². The van der Waals surface area contributed by atoms with E-state index in [0.29, 0.717) is 30.0 Å². The Labute approximate surface area is 159 Å². The molecule has 140 valence electrons. The summed E-state index contributed by atoms with van der Waals surface area (Å²) in [4.78, 5) is 16.9. The molecule has 6 heteroatoms. The second-order valence-corrected chi connectivity index (χ2v) is 6.61. The van der Waals surface area contributed by atoms with Crippen LogP contribution < -0.4 is 4.74 Å². The summed E-state index contributed by atoms with van der Waals surface area (Å²) in [6.07, 6.45) is 0.874. The van der Waals surface area contributed by atoms with Crippen molar-refractivity contribution in [2.24, 2.45) is 0 Å². The predicted molar refractivity (Wildman–Crippen MR) is 102 cm³/mol. The van der Waals surface area contributed by atoms with Crippen molar-refractivity contribution in [3.05, 3.63) is 59.2 Å². The second kappa shape index (κ2) is 8.56. The van der Waals surface area contributed by atoms with Gasteiger partial charge < -0.3 is 14.7 Å². The molecule has 0 aliphatic carbocycles. The van der Waals surface area contributed by atoms with Crippen LogP contribution in [0.25, 0.3) is 0 Å². The van der Waals surface area contributed by atoms with Crippen LogP contribution in [-0.4, -0.2) is 54.1 Å². The molecule has 1 saturated heterocycles. The molecule has 1 fully saturated rings. The molecular weight excluding hydrogens is 342 g/mol. The Bertz CT molecular complexity index is 843. The van der Waals surface area contributed by atoms with Gasteiger partial charge in [0.2, 0.25) is 0 Å². The molecule has 0 saturated carbocycles. The largest absolute Gasteiger partial charge is 0.507 e. The zero-order valence-electron chi connectivity index (χ0n) is 15.4. The summed E-state index contributed by atoms with van der Waals surface area (Å²) in [6, 6.07) is 14.5. The van der Waals surface area contributed by atoms with Gasteiger partial charge >= 0.3 is 0 Å². The number of carbonyl (C=O) groups excluding carboxylic acids is 1. The molecule has 0 atom stereocenters. The molecule has 1 aliphatic rings. The Morgan fingerprint density at radius 1 is 1.15 bits per heavy atom. The molecule has 0 radical (unpaired) electrons. The first-order valence-electron chi connectivity index (χ1n) is 8.98. The quantitative estimate of drug-likeness (QED) is 0.901. The van der Waals surface area contributed by atoms with Crippen LogP contribution in [0, 0.1) is 11.3 Å². The number of ether oxygens (including phenoxy) is 1. The first kappa shape index (κ1) is 18.7. The number of carbonyl (C=O) groups is 1. The van der Waals surface area contributed by atoms with E-state index in [4.69, 9.17) is 10.00 Å². The second-order valence-electron chi connectivity index (χ2n) is 6.61. The molecule has 1 aliphatic heterocycles. The van der Waals surface area contributed by atoms with Crippen molar-refractivity contribution >= 4 is 5.91 Å². The molecule has 3 rings (SSSR count). The van der Waals surface area contributed by atoms with Gasteiger partial charge in [-0.25, -0.2) is 0 Å². The van der Waals surface area contributed by atoms with E-state index in [1.165, 1.54) is 13.2 Å². The molecule has 1 amide bonds. The van der Waals surface area contributed by atoms with E-state index in [2.05, 4.69) is 11.0 Å². The molecule has 6 nitrogen and oxygen atoms in total. The third kappa shape index (κ3) is 4.57. The Balaban J connectivity index is 1.62. The molecular formula is C21H23N3O3. The van der Waals surface area contributed by atoms with E-state index in [1.807, 2.05) is 24.3 Å². The summed E-state index contributed by atoms with van der Waals surface area (Å²) in [7, 11) is 1.52. The van der Waals surface area contributed by atoms with Crippen molar-refractivity contribution in [3.8, 4) is 17.6 Å². The number of benzene rings is 2. The maximum atomic E-state index is 12.8. The van der Waals surface area contributed by atoms with Crippen molar-refractivity contribution in [1.29, 1.82) is 5.26 Å². The standard InChI is InChI=1S/C21H23N3O3/c1-27-18-7-8-19(20(25)13-18)21(26)24-10-2-9-23(11-12-24)15-17-5-3-16(14-22)4-6-17/h3-8,13,25H,2,9-12,15H2,1H3. The fourth-order valence-electron chi connectivity index (χ4n) is 3.26. The minimum Gasteiger partial charge on any atom is -0.507 e. The Hall–Kier alpha value is -3.04. The van der Waals surface area contributed by atoms with Crippen molar-refractivity contribution in [1.82, 2.24) is 9.80 Å². The lowest BCUT2D eigenvalue weighted by Crippen LogP contribution is -2.35. The highest BCUT2D eigenvalue weighted by Crippen LogP contribution is 2.25. The summed E-state index contributed by atoms with van der Waals surface area (Å²) in [5.41, 5.74) is 2.11. The lowest BCUT2D eigenvalue weighted by Gasteiger charge is -2.22. The van der Waals surface area contributed by atoms with Crippen LogP contribution in [0.4, 0.5) is 0 Å². The van der Waals surface area contributed by atoms with Gasteiger partial charge in [0.25, 0.3) is 5.91 Å². The van der Waals surface area contributed by atoms with Crippen LogP contribution in [0.1, 0.15) is 27.9 Å². The van der Waals surface area contributed by atoms with Gasteiger partial charge in [0.15, 0.2) is 0 Å². The Morgan fingerprint density at radius 3 is 2.59 bits per heavy atom. The van der Waals surface area contributed by atoms with Gasteiger partial charge in [-0.05, 0) is 36.2 Å². The average molecular weight is 365 g/mol. The van der Waals surface area contributed by atoms with Crippen molar-refractivity contribution in [2.45, 2.75) is 13.0 Å². The van der Waals surface area contributed by atoms with Crippen LogP contribution in [-0.2, 0) is 6.54 Å². The zero-order chi connectivity index (χ0) is 19.2. The molecule has 1 N–H and O–H groups in total. The van der Waals surface area contributed by atoms with E-state index in [9.17, 15) is 9.90 Å². The average Bonchev–Trinajstić information content (AvgIpc) is 2.93. The third-order valence-corrected chi connectivity index (χ3v) is 4.80. The lowest BCUT2D eigenvalue weighted by molar-refractivity contribution is 0.0758. The van der Waals surface area contributed by atoms with Crippen molar-refractivity contribution in [2.75, 3.05) is 33.3 Å². The molecule has 0 spiro atoms. The number of phenolic OH excluding ortho intramolecular Hbond substituents is 1. The maximum absolute atomic E-state index is 12.8. The van der Waals surface area contributed by atoms with Crippen molar-refractivity contribution < 1.29 is 14.6 Å². The number of amides is 1. The fraction of sp³-hybridized carbons (Fsp3) is 0.333. The summed E-state index contributed by atoms with van der Waals surface area (Å²) < 4.78 is 5.07. The lowest BCUT2D eigenvalue weighted by atomic mass is 10.1. The first-order valence-corrected chi connectivity index (χ1v) is 8.98. The molecule has 0 bridgehead atoms. The number of hydrogen-bond acceptors (Lipinski definition) is 5. The van der Waals surface area contributed by atoms with Crippen molar-refractivity contribution in [3.63, 3.8) is 0 Å². The molecule has 1 heterocycles. The molecule has 2 aromatic carbocycles. The summed E-state index contributed by atoms with van der Waals surface area (Å²) >= 11 is 0. The number of phenols is 1. The number of aromatic hydroxyl groups is 1. The smallest absolute Gasteiger partial charge is 0.257 e. The number of nitriles is 1. The summed E-state index contributed by atoms with van der Waals surface area (Å²) in [5, 5.41) is 19.0. The van der Waals surface area contributed by atoms with Crippen LogP contribution >= 0.6 is 0 Å². The van der Waals surface area contributed by atoms with Gasteiger partial charge in [-0.15, -0.1) is 0 Å². The van der Waals surface area contributed by atoms with E-state index < -0.39 is 0 Å². The first-order chi connectivity index (χ1) is 13.1. The highest BCUT2D eigenvalue weighted by Gasteiger charge is 2.22. The van der Waals surface area contributed by atoms with Gasteiger partial charge in [-0.3, -0.25) is 9.69 Å². The van der Waals surface area contributed by atoms with E-state index in [0.717, 1.165) is 31.6 Å². The number of nitrogens with zero attached hydrogens (tertiary/aromatic N) is 3. The molecule has 27 heavy (non-hydrogen) atoms. The van der Waals surface area contributed by atoms with Gasteiger partial charge in [0.05, 0.1) is 24.3 Å². The van der Waals surface area contributed by atoms with Gasteiger partial charge in [0.1, 0.15) is 11.5 Å². The van der Waals surface area contributed by atoms with Gasteiger partial charge in [-0.2, -0.15) is 5.26 Å². The van der Waals surface area contributed by atoms with Gasteiger partial charge in [-0.1, -0.05) is 12.1 Å². The zero-order valence-corrected chi connectivity index (χ0v) is 15.4. The fourth-order valence-corrected chi connectivity index (χ4v) is 3.26. The van der Waals surface area contributed by atoms with E-state index in [-0.39, 0.29) is 11.7 Å². The monoisotopic (exact) mass is 365 g/mol. The Morgan fingerprint density at radius 2 is 1.93 bits per heavy atom. The molecule has 0 unspecified atom stereocenters. The van der Waals surface area contributed by atoms with E-state index in [1.54, 1.807) is 17.0 Å². The SMILES string of the molecule is COc1ccc(C(=O)N2CCCN(Cc3ccc(C#N)cc3)CC2)c(O)c1.